The highest BCUT2D eigenvalue weighted by atomic mass is 16.5. The number of nitrogens with two attached hydrogens (primary N) is 1. The maximum Gasteiger partial charge on any atom is 0.139 e. The number of aryl methyl sites for hydroxylation is 2. The Morgan fingerprint density at radius 3 is 2.50 bits per heavy atom. The van der Waals surface area contributed by atoms with Gasteiger partial charge in [0.1, 0.15) is 11.9 Å². The smallest absolute Gasteiger partial charge is 0.139 e. The molecule has 0 bridgehead atoms. The molecule has 2 atom stereocenters. The first-order valence-electron chi connectivity index (χ1n) is 4.57. The van der Waals surface area contributed by atoms with E-state index >= 15 is 0 Å². The molecule has 80 valence electrons. The Bertz CT molecular complexity index is 279. The van der Waals surface area contributed by atoms with E-state index in [0.29, 0.717) is 30.0 Å². The summed E-state index contributed by atoms with van der Waals surface area (Å²) in [7, 11) is 0. The summed E-state index contributed by atoms with van der Waals surface area (Å²) in [4.78, 5) is 0. The second-order valence-electron chi connectivity index (χ2n) is 3.33. The van der Waals surface area contributed by atoms with E-state index in [9.17, 15) is 10.2 Å². The van der Waals surface area contributed by atoms with Gasteiger partial charge in [-0.05, 0) is 26.8 Å². The third kappa shape index (κ3) is 2.12. The summed E-state index contributed by atoms with van der Waals surface area (Å²) in [6, 6.07) is 0. The first kappa shape index (κ1) is 11.2. The number of aliphatic hydroxyl groups is 2. The molecule has 0 aromatic carbocycles. The van der Waals surface area contributed by atoms with Crippen molar-refractivity contribution in [2.45, 2.75) is 32.5 Å². The number of rotatable bonds is 4. The van der Waals surface area contributed by atoms with Crippen molar-refractivity contribution in [1.82, 2.24) is 5.16 Å². The molecule has 2 unspecified atom stereocenters. The molecule has 4 N–H and O–H groups in total. The molecule has 0 amide bonds. The highest BCUT2D eigenvalue weighted by Gasteiger charge is 2.24. The zero-order valence-electron chi connectivity index (χ0n) is 8.40. The van der Waals surface area contributed by atoms with Gasteiger partial charge in [-0.3, -0.25) is 0 Å². The van der Waals surface area contributed by atoms with Gasteiger partial charge in [0, 0.05) is 5.56 Å². The van der Waals surface area contributed by atoms with Crippen LogP contribution in [0.3, 0.4) is 0 Å². The van der Waals surface area contributed by atoms with Crippen LogP contribution in [0, 0.1) is 13.8 Å². The SMILES string of the molecule is Cc1noc(C)c1C(O)C(O)CCN. The number of aromatic nitrogens is 1. The minimum Gasteiger partial charge on any atom is -0.390 e. The van der Waals surface area contributed by atoms with Crippen LogP contribution in [0.25, 0.3) is 0 Å². The first-order chi connectivity index (χ1) is 6.57. The highest BCUT2D eigenvalue weighted by Crippen LogP contribution is 2.24. The molecule has 5 nitrogen and oxygen atoms in total. The van der Waals surface area contributed by atoms with Crippen molar-refractivity contribution in [3.63, 3.8) is 0 Å². The summed E-state index contributed by atoms with van der Waals surface area (Å²) >= 11 is 0. The molecule has 0 saturated carbocycles. The van der Waals surface area contributed by atoms with Crippen molar-refractivity contribution in [2.24, 2.45) is 5.73 Å². The Kier molecular flexibility index (Phi) is 3.62. The Morgan fingerprint density at radius 1 is 1.43 bits per heavy atom. The minimum atomic E-state index is -0.968. The second kappa shape index (κ2) is 4.54. The third-order valence-corrected chi connectivity index (χ3v) is 2.21. The van der Waals surface area contributed by atoms with Crippen LogP contribution >= 0.6 is 0 Å². The van der Waals surface area contributed by atoms with Gasteiger partial charge in [0.25, 0.3) is 0 Å². The number of hydrogen-bond donors (Lipinski definition) is 3. The molecule has 14 heavy (non-hydrogen) atoms. The fourth-order valence-corrected chi connectivity index (χ4v) is 1.43. The van der Waals surface area contributed by atoms with E-state index in [2.05, 4.69) is 5.16 Å². The number of nitrogens with zero attached hydrogens (tertiary/aromatic N) is 1. The maximum atomic E-state index is 9.77. The Balaban J connectivity index is 2.82. The van der Waals surface area contributed by atoms with Crippen LogP contribution in [0.4, 0.5) is 0 Å². The van der Waals surface area contributed by atoms with Crippen molar-refractivity contribution in [3.05, 3.63) is 17.0 Å². The van der Waals surface area contributed by atoms with Crippen LogP contribution in [0.2, 0.25) is 0 Å². The van der Waals surface area contributed by atoms with Gasteiger partial charge in [-0.1, -0.05) is 5.16 Å². The van der Waals surface area contributed by atoms with E-state index in [-0.39, 0.29) is 0 Å². The Hall–Kier alpha value is -0.910. The average Bonchev–Trinajstić information content (AvgIpc) is 2.46. The van der Waals surface area contributed by atoms with Gasteiger partial charge < -0.3 is 20.5 Å². The summed E-state index contributed by atoms with van der Waals surface area (Å²) < 4.78 is 4.89. The molecule has 5 heteroatoms. The van der Waals surface area contributed by atoms with E-state index in [4.69, 9.17) is 10.3 Å². The molecule has 0 saturated heterocycles. The fourth-order valence-electron chi connectivity index (χ4n) is 1.43. The van der Waals surface area contributed by atoms with E-state index in [1.807, 2.05) is 0 Å². The van der Waals surface area contributed by atoms with E-state index in [1.165, 1.54) is 0 Å². The van der Waals surface area contributed by atoms with E-state index in [0.717, 1.165) is 0 Å². The zero-order chi connectivity index (χ0) is 10.7. The molecule has 0 aliphatic rings. The largest absolute Gasteiger partial charge is 0.390 e. The Labute approximate surface area is 82.5 Å². The van der Waals surface area contributed by atoms with Crippen molar-refractivity contribution < 1.29 is 14.7 Å². The monoisotopic (exact) mass is 200 g/mol. The first-order valence-corrected chi connectivity index (χ1v) is 4.57. The molecule has 1 heterocycles. The highest BCUT2D eigenvalue weighted by molar-refractivity contribution is 5.24. The predicted molar refractivity (Wildman–Crippen MR) is 50.6 cm³/mol. The van der Waals surface area contributed by atoms with Crippen LogP contribution in [-0.2, 0) is 0 Å². The molecule has 0 fully saturated rings. The summed E-state index contributed by atoms with van der Waals surface area (Å²) in [5.74, 6) is 0.533. The molecule has 0 radical (unpaired) electrons. The van der Waals surface area contributed by atoms with Crippen LogP contribution in [0.5, 0.6) is 0 Å². The third-order valence-electron chi connectivity index (χ3n) is 2.21. The summed E-state index contributed by atoms with van der Waals surface area (Å²) in [6.45, 7) is 3.76. The summed E-state index contributed by atoms with van der Waals surface area (Å²) in [6.07, 6.45) is -1.48. The lowest BCUT2D eigenvalue weighted by Gasteiger charge is -2.16. The molecule has 1 aromatic rings. The van der Waals surface area contributed by atoms with Crippen LogP contribution in [0.15, 0.2) is 4.52 Å². The van der Waals surface area contributed by atoms with Crippen molar-refractivity contribution >= 4 is 0 Å². The van der Waals surface area contributed by atoms with Gasteiger partial charge in [0.2, 0.25) is 0 Å². The van der Waals surface area contributed by atoms with Gasteiger partial charge in [-0.2, -0.15) is 0 Å². The van der Waals surface area contributed by atoms with Crippen molar-refractivity contribution in [2.75, 3.05) is 6.54 Å². The zero-order valence-corrected chi connectivity index (χ0v) is 8.40. The second-order valence-corrected chi connectivity index (χ2v) is 3.33. The minimum absolute atomic E-state index is 0.335. The van der Waals surface area contributed by atoms with Gasteiger partial charge in [0.15, 0.2) is 0 Å². The number of aliphatic hydroxyl groups excluding tert-OH is 2. The van der Waals surface area contributed by atoms with Crippen LogP contribution in [-0.4, -0.2) is 28.0 Å². The van der Waals surface area contributed by atoms with Crippen molar-refractivity contribution in [1.29, 1.82) is 0 Å². The topological polar surface area (TPSA) is 92.5 Å². The van der Waals surface area contributed by atoms with Gasteiger partial charge in [0.05, 0.1) is 11.8 Å². The standard InChI is InChI=1S/C9H16N2O3/c1-5-8(6(2)14-11-5)9(13)7(12)3-4-10/h7,9,12-13H,3-4,10H2,1-2H3. The quantitative estimate of drug-likeness (QED) is 0.638. The number of hydrogen-bond acceptors (Lipinski definition) is 5. The molecular weight excluding hydrogens is 184 g/mol. The predicted octanol–water partition coefficient (Wildman–Crippen LogP) is 0.0345. The van der Waals surface area contributed by atoms with E-state index < -0.39 is 12.2 Å². The van der Waals surface area contributed by atoms with Gasteiger partial charge in [-0.15, -0.1) is 0 Å². The van der Waals surface area contributed by atoms with Gasteiger partial charge >= 0.3 is 0 Å². The lowest BCUT2D eigenvalue weighted by molar-refractivity contribution is 0.0139. The molecule has 0 aliphatic heterocycles. The molecule has 1 rings (SSSR count). The maximum absolute atomic E-state index is 9.77. The Morgan fingerprint density at radius 2 is 2.07 bits per heavy atom. The normalized spacial score (nSPS) is 15.5. The lowest BCUT2D eigenvalue weighted by Crippen LogP contribution is -2.22. The summed E-state index contributed by atoms with van der Waals surface area (Å²) in [5, 5.41) is 23.0. The fraction of sp³-hybridized carbons (Fsp3) is 0.667. The lowest BCUT2D eigenvalue weighted by atomic mass is 10.0. The van der Waals surface area contributed by atoms with E-state index in [1.54, 1.807) is 13.8 Å². The van der Waals surface area contributed by atoms with Crippen LogP contribution in [0.1, 0.15) is 29.5 Å². The van der Waals surface area contributed by atoms with Crippen LogP contribution < -0.4 is 5.73 Å². The molecular formula is C9H16N2O3. The molecule has 0 aliphatic carbocycles. The average molecular weight is 200 g/mol. The molecule has 1 aromatic heterocycles. The molecule has 0 spiro atoms. The summed E-state index contributed by atoms with van der Waals surface area (Å²) in [5.41, 5.74) is 6.45. The van der Waals surface area contributed by atoms with Gasteiger partial charge in [-0.25, -0.2) is 0 Å². The van der Waals surface area contributed by atoms with Crippen molar-refractivity contribution in [3.8, 4) is 0 Å².